The normalized spacial score (nSPS) is 14.3. The summed E-state index contributed by atoms with van der Waals surface area (Å²) in [5.74, 6) is 2.17. The molecule has 0 bridgehead atoms. The van der Waals surface area contributed by atoms with Gasteiger partial charge in [-0.15, -0.1) is 24.2 Å². The van der Waals surface area contributed by atoms with Crippen LogP contribution in [0, 0.1) is 0 Å². The Morgan fingerprint density at radius 1 is 1.12 bits per heavy atom. The van der Waals surface area contributed by atoms with Crippen LogP contribution in [0.4, 0.5) is 5.13 Å². The number of hydrogen-bond acceptors (Lipinski definition) is 7. The van der Waals surface area contributed by atoms with Crippen LogP contribution >= 0.6 is 35.5 Å². The Labute approximate surface area is 210 Å². The van der Waals surface area contributed by atoms with Crippen molar-refractivity contribution in [1.82, 2.24) is 14.9 Å². The van der Waals surface area contributed by atoms with Crippen molar-refractivity contribution in [2.75, 3.05) is 18.4 Å². The number of likely N-dealkylation sites (tertiary alicyclic amines) is 1. The standard InChI is InChI=1S/C24H30N4O2S2.ClH/c1-24(2,3)19-13-25-21(30-19)16-31-22-14-26-23(32-22)27-20(29)12-17-6-8-18(9-7-17)15-28-10-4-5-11-28;/h6-9,13-14H,4-5,10-12,15-16H2,1-3H3,(H,26,27,29);1H. The van der Waals surface area contributed by atoms with Crippen LogP contribution in [0.15, 0.2) is 45.3 Å². The van der Waals surface area contributed by atoms with Crippen LogP contribution in [0.25, 0.3) is 0 Å². The van der Waals surface area contributed by atoms with E-state index in [-0.39, 0.29) is 23.7 Å². The summed E-state index contributed by atoms with van der Waals surface area (Å²) in [5, 5.41) is 3.53. The maximum absolute atomic E-state index is 12.4. The van der Waals surface area contributed by atoms with Gasteiger partial charge in [0.1, 0.15) is 5.76 Å². The number of thiazole rings is 1. The number of aromatic nitrogens is 2. The van der Waals surface area contributed by atoms with Gasteiger partial charge in [-0.25, -0.2) is 9.97 Å². The lowest BCUT2D eigenvalue weighted by Gasteiger charge is -2.14. The number of anilines is 1. The Morgan fingerprint density at radius 3 is 2.48 bits per heavy atom. The lowest BCUT2D eigenvalue weighted by Crippen LogP contribution is -2.18. The average Bonchev–Trinajstić information content (AvgIpc) is 3.49. The zero-order valence-electron chi connectivity index (χ0n) is 19.3. The largest absolute Gasteiger partial charge is 0.444 e. The molecule has 178 valence electrons. The van der Waals surface area contributed by atoms with Crippen molar-refractivity contribution >= 4 is 46.5 Å². The molecule has 6 nitrogen and oxygen atoms in total. The number of benzene rings is 1. The highest BCUT2D eigenvalue weighted by Gasteiger charge is 2.19. The number of thioether (sulfide) groups is 1. The minimum Gasteiger partial charge on any atom is -0.444 e. The number of amides is 1. The third-order valence-electron chi connectivity index (χ3n) is 5.35. The molecule has 4 rings (SSSR count). The van der Waals surface area contributed by atoms with Crippen LogP contribution in [0.3, 0.4) is 0 Å². The third-order valence-corrected chi connectivity index (χ3v) is 7.45. The Kier molecular flexibility index (Phi) is 8.98. The summed E-state index contributed by atoms with van der Waals surface area (Å²) in [7, 11) is 0. The van der Waals surface area contributed by atoms with Crippen molar-refractivity contribution < 1.29 is 9.21 Å². The third kappa shape index (κ3) is 7.57. The first-order valence-corrected chi connectivity index (χ1v) is 12.8. The molecule has 0 spiro atoms. The van der Waals surface area contributed by atoms with E-state index in [1.807, 2.05) is 0 Å². The first-order valence-electron chi connectivity index (χ1n) is 11.0. The molecule has 1 N–H and O–H groups in total. The van der Waals surface area contributed by atoms with E-state index in [2.05, 4.69) is 65.2 Å². The van der Waals surface area contributed by atoms with Gasteiger partial charge < -0.3 is 9.73 Å². The van der Waals surface area contributed by atoms with E-state index in [9.17, 15) is 4.79 Å². The van der Waals surface area contributed by atoms with Crippen molar-refractivity contribution in [3.05, 3.63) is 59.4 Å². The second-order valence-electron chi connectivity index (χ2n) is 9.17. The van der Waals surface area contributed by atoms with Crippen LogP contribution in [0.1, 0.15) is 56.4 Å². The minimum atomic E-state index is -0.0503. The van der Waals surface area contributed by atoms with Gasteiger partial charge >= 0.3 is 0 Å². The second-order valence-corrected chi connectivity index (χ2v) is 11.5. The number of halogens is 1. The molecule has 1 fully saturated rings. The molecule has 3 aromatic rings. The fourth-order valence-electron chi connectivity index (χ4n) is 3.55. The number of carbonyl (C=O) groups excluding carboxylic acids is 1. The molecular weight excluding hydrogens is 476 g/mol. The quantitative estimate of drug-likeness (QED) is 0.382. The smallest absolute Gasteiger partial charge is 0.230 e. The van der Waals surface area contributed by atoms with Crippen molar-refractivity contribution in [3.63, 3.8) is 0 Å². The molecule has 1 saturated heterocycles. The molecule has 9 heteroatoms. The Hall–Kier alpha value is -1.87. The number of nitrogens with zero attached hydrogens (tertiary/aromatic N) is 3. The second kappa shape index (κ2) is 11.5. The topological polar surface area (TPSA) is 71.3 Å². The van der Waals surface area contributed by atoms with E-state index in [0.29, 0.717) is 23.2 Å². The van der Waals surface area contributed by atoms with E-state index in [1.165, 1.54) is 42.8 Å². The van der Waals surface area contributed by atoms with E-state index >= 15 is 0 Å². The average molecular weight is 507 g/mol. The fourth-order valence-corrected chi connectivity index (χ4v) is 5.29. The van der Waals surface area contributed by atoms with Crippen LogP contribution < -0.4 is 5.32 Å². The summed E-state index contributed by atoms with van der Waals surface area (Å²) in [6.45, 7) is 9.68. The highest BCUT2D eigenvalue weighted by atomic mass is 35.5. The van der Waals surface area contributed by atoms with Crippen molar-refractivity contribution in [2.45, 2.75) is 62.0 Å². The van der Waals surface area contributed by atoms with Gasteiger partial charge in [-0.3, -0.25) is 9.69 Å². The molecule has 1 amide bonds. The maximum atomic E-state index is 12.4. The molecule has 3 heterocycles. The molecule has 0 radical (unpaired) electrons. The van der Waals surface area contributed by atoms with Crippen molar-refractivity contribution in [1.29, 1.82) is 0 Å². The van der Waals surface area contributed by atoms with E-state index in [4.69, 9.17) is 4.42 Å². The summed E-state index contributed by atoms with van der Waals surface area (Å²) in [6.07, 6.45) is 6.52. The molecule has 1 aromatic carbocycles. The van der Waals surface area contributed by atoms with Gasteiger partial charge in [0.05, 0.1) is 28.8 Å². The number of carbonyl (C=O) groups is 1. The molecular formula is C24H31ClN4O2S2. The summed E-state index contributed by atoms with van der Waals surface area (Å²) in [6, 6.07) is 8.37. The summed E-state index contributed by atoms with van der Waals surface area (Å²) in [4.78, 5) is 23.6. The van der Waals surface area contributed by atoms with Crippen molar-refractivity contribution in [3.8, 4) is 0 Å². The molecule has 1 aliphatic rings. The Morgan fingerprint density at radius 2 is 1.82 bits per heavy atom. The fraction of sp³-hybridized carbons (Fsp3) is 0.458. The van der Waals surface area contributed by atoms with Gasteiger partial charge in [0, 0.05) is 12.0 Å². The van der Waals surface area contributed by atoms with E-state index in [1.54, 1.807) is 24.2 Å². The predicted molar refractivity (Wildman–Crippen MR) is 137 cm³/mol. The van der Waals surface area contributed by atoms with Gasteiger partial charge in [0.15, 0.2) is 5.13 Å². The SMILES string of the molecule is CC(C)(C)c1cnc(CSc2cnc(NC(=O)Cc3ccc(CN4CCCC4)cc3)s2)o1.Cl. The molecule has 0 unspecified atom stereocenters. The minimum absolute atomic E-state index is 0. The molecule has 1 aliphatic heterocycles. The first-order chi connectivity index (χ1) is 15.3. The summed E-state index contributed by atoms with van der Waals surface area (Å²) in [5.41, 5.74) is 2.27. The number of oxazole rings is 1. The van der Waals surface area contributed by atoms with Crippen LogP contribution in [-0.2, 0) is 28.9 Å². The zero-order chi connectivity index (χ0) is 22.6. The highest BCUT2D eigenvalue weighted by Crippen LogP contribution is 2.31. The zero-order valence-corrected chi connectivity index (χ0v) is 21.7. The molecule has 0 saturated carbocycles. The lowest BCUT2D eigenvalue weighted by atomic mass is 9.94. The number of hydrogen-bond donors (Lipinski definition) is 1. The molecule has 33 heavy (non-hydrogen) atoms. The Balaban J connectivity index is 0.00000306. The van der Waals surface area contributed by atoms with Gasteiger partial charge in [0.2, 0.25) is 11.8 Å². The predicted octanol–water partition coefficient (Wildman–Crippen LogP) is 5.92. The van der Waals surface area contributed by atoms with Gasteiger partial charge in [0.25, 0.3) is 0 Å². The monoisotopic (exact) mass is 506 g/mol. The highest BCUT2D eigenvalue weighted by molar-refractivity contribution is 8.00. The summed E-state index contributed by atoms with van der Waals surface area (Å²) >= 11 is 3.08. The summed E-state index contributed by atoms with van der Waals surface area (Å²) < 4.78 is 6.85. The van der Waals surface area contributed by atoms with Crippen LogP contribution in [-0.4, -0.2) is 33.9 Å². The van der Waals surface area contributed by atoms with Gasteiger partial charge in [-0.1, -0.05) is 56.4 Å². The number of rotatable bonds is 8. The molecule has 2 aromatic heterocycles. The van der Waals surface area contributed by atoms with Crippen molar-refractivity contribution in [2.24, 2.45) is 0 Å². The van der Waals surface area contributed by atoms with Gasteiger partial charge in [-0.05, 0) is 37.1 Å². The van der Waals surface area contributed by atoms with E-state index in [0.717, 1.165) is 22.1 Å². The van der Waals surface area contributed by atoms with Crippen LogP contribution in [0.5, 0.6) is 0 Å². The maximum Gasteiger partial charge on any atom is 0.230 e. The number of nitrogens with one attached hydrogen (secondary N) is 1. The molecule has 0 atom stereocenters. The molecule has 0 aliphatic carbocycles. The Bertz CT molecular complexity index is 1040. The first kappa shape index (κ1) is 25.7. The van der Waals surface area contributed by atoms with Crippen LogP contribution in [0.2, 0.25) is 0 Å². The van der Waals surface area contributed by atoms with Gasteiger partial charge in [-0.2, -0.15) is 0 Å². The lowest BCUT2D eigenvalue weighted by molar-refractivity contribution is -0.115. The van der Waals surface area contributed by atoms with E-state index < -0.39 is 0 Å².